The van der Waals surface area contributed by atoms with E-state index in [0.717, 1.165) is 34.6 Å². The summed E-state index contributed by atoms with van der Waals surface area (Å²) in [4.78, 5) is 16.6. The van der Waals surface area contributed by atoms with Crippen LogP contribution in [0.3, 0.4) is 0 Å². The van der Waals surface area contributed by atoms with E-state index in [1.165, 1.54) is 16.3 Å². The molecule has 1 atom stereocenters. The number of hydrogen-bond acceptors (Lipinski definition) is 5. The van der Waals surface area contributed by atoms with Crippen LogP contribution in [0.5, 0.6) is 5.75 Å². The molecule has 6 nitrogen and oxygen atoms in total. The lowest BCUT2D eigenvalue weighted by atomic mass is 9.97. The number of fused-ring (bicyclic) bond motifs is 3. The number of nitrogens with one attached hydrogen (secondary N) is 1. The Morgan fingerprint density at radius 3 is 2.84 bits per heavy atom. The smallest absolute Gasteiger partial charge is 0.224 e. The number of rotatable bonds is 5. The van der Waals surface area contributed by atoms with E-state index in [9.17, 15) is 4.79 Å². The average Bonchev–Trinajstić information content (AvgIpc) is 3.36. The topological polar surface area (TPSA) is 77.3 Å². The molecule has 0 bridgehead atoms. The zero-order valence-electron chi connectivity index (χ0n) is 17.5. The highest BCUT2D eigenvalue weighted by atomic mass is 16.5. The Hall–Kier alpha value is -3.67. The van der Waals surface area contributed by atoms with Crippen LogP contribution in [0.2, 0.25) is 0 Å². The van der Waals surface area contributed by atoms with Gasteiger partial charge in [-0.2, -0.15) is 0 Å². The predicted octanol–water partition coefficient (Wildman–Crippen LogP) is 4.17. The van der Waals surface area contributed by atoms with Crippen LogP contribution in [0.15, 0.2) is 59.4 Å². The van der Waals surface area contributed by atoms with Crippen molar-refractivity contribution in [2.45, 2.75) is 32.8 Å². The number of hydrogen-bond donors (Lipinski definition) is 1. The number of nitrogens with zero attached hydrogens (tertiary/aromatic N) is 2. The minimum absolute atomic E-state index is 0.0556. The first-order valence-electron chi connectivity index (χ1n) is 10.4. The molecule has 156 valence electrons. The summed E-state index contributed by atoms with van der Waals surface area (Å²) in [6, 6.07) is 14.6. The SMILES string of the molecule is Cc1noc(C)c1CC(=O)NC[C@@H]1Cc2c(ccc3cc(-c4cccnc4)ccc23)O1. The fourth-order valence-corrected chi connectivity index (χ4v) is 4.18. The molecule has 0 aliphatic carbocycles. The summed E-state index contributed by atoms with van der Waals surface area (Å²) in [5.41, 5.74) is 5.04. The van der Waals surface area contributed by atoms with Crippen LogP contribution in [0.25, 0.3) is 21.9 Å². The molecular formula is C25H23N3O3. The molecule has 1 amide bonds. The molecule has 3 heterocycles. The second kappa shape index (κ2) is 7.87. The molecule has 1 aliphatic rings. The monoisotopic (exact) mass is 413 g/mol. The highest BCUT2D eigenvalue weighted by molar-refractivity contribution is 5.91. The molecule has 0 spiro atoms. The standard InChI is InChI=1S/C25H23N3O3/c1-15-22(16(2)31-28-15)12-25(29)27-14-20-11-23-21-7-5-17(19-4-3-9-26-13-19)10-18(21)6-8-24(23)30-20/h3-10,13,20H,11-12,14H2,1-2H3,(H,27,29)/t20-/m0/s1. The number of carbonyl (C=O) groups excluding carboxylic acids is 1. The molecule has 0 saturated carbocycles. The summed E-state index contributed by atoms with van der Waals surface area (Å²) >= 11 is 0. The normalized spacial score (nSPS) is 15.0. The Bertz CT molecular complexity index is 1240. The van der Waals surface area contributed by atoms with E-state index in [-0.39, 0.29) is 18.4 Å². The number of pyridine rings is 1. The lowest BCUT2D eigenvalue weighted by Gasteiger charge is -2.11. The number of aryl methyl sites for hydroxylation is 2. The molecular weight excluding hydrogens is 390 g/mol. The van der Waals surface area contributed by atoms with E-state index >= 15 is 0 Å². The quantitative estimate of drug-likeness (QED) is 0.531. The van der Waals surface area contributed by atoms with Gasteiger partial charge >= 0.3 is 0 Å². The fourth-order valence-electron chi connectivity index (χ4n) is 4.18. The zero-order chi connectivity index (χ0) is 21.4. The summed E-state index contributed by atoms with van der Waals surface area (Å²) in [5.74, 6) is 1.53. The van der Waals surface area contributed by atoms with Gasteiger partial charge in [-0.3, -0.25) is 9.78 Å². The largest absolute Gasteiger partial charge is 0.488 e. The maximum absolute atomic E-state index is 12.4. The van der Waals surface area contributed by atoms with Crippen molar-refractivity contribution in [2.24, 2.45) is 0 Å². The van der Waals surface area contributed by atoms with Crippen LogP contribution in [0, 0.1) is 13.8 Å². The maximum Gasteiger partial charge on any atom is 0.224 e. The van der Waals surface area contributed by atoms with Gasteiger partial charge in [0, 0.05) is 35.5 Å². The van der Waals surface area contributed by atoms with Crippen molar-refractivity contribution in [2.75, 3.05) is 6.54 Å². The molecule has 2 aromatic heterocycles. The van der Waals surface area contributed by atoms with Gasteiger partial charge in [-0.15, -0.1) is 0 Å². The fraction of sp³-hybridized carbons (Fsp3) is 0.240. The Morgan fingerprint density at radius 1 is 1.16 bits per heavy atom. The molecule has 0 fully saturated rings. The first-order chi connectivity index (χ1) is 15.1. The lowest BCUT2D eigenvalue weighted by molar-refractivity contribution is -0.120. The van der Waals surface area contributed by atoms with Crippen molar-refractivity contribution in [3.05, 3.63) is 77.4 Å². The third-order valence-corrected chi connectivity index (χ3v) is 5.85. The molecule has 0 radical (unpaired) electrons. The Labute approximate surface area is 180 Å². The number of benzene rings is 2. The van der Waals surface area contributed by atoms with E-state index in [0.29, 0.717) is 12.3 Å². The van der Waals surface area contributed by atoms with Crippen molar-refractivity contribution in [3.63, 3.8) is 0 Å². The third-order valence-electron chi connectivity index (χ3n) is 5.85. The van der Waals surface area contributed by atoms with Crippen LogP contribution in [0.4, 0.5) is 0 Å². The predicted molar refractivity (Wildman–Crippen MR) is 118 cm³/mol. The van der Waals surface area contributed by atoms with Gasteiger partial charge in [0.05, 0.1) is 18.7 Å². The van der Waals surface area contributed by atoms with Crippen molar-refractivity contribution in [1.82, 2.24) is 15.5 Å². The van der Waals surface area contributed by atoms with Crippen LogP contribution < -0.4 is 10.1 Å². The van der Waals surface area contributed by atoms with Crippen molar-refractivity contribution < 1.29 is 14.1 Å². The molecule has 1 N–H and O–H groups in total. The summed E-state index contributed by atoms with van der Waals surface area (Å²) in [5, 5.41) is 9.26. The van der Waals surface area contributed by atoms with E-state index in [1.807, 2.05) is 32.2 Å². The minimum Gasteiger partial charge on any atom is -0.488 e. The minimum atomic E-state index is -0.0766. The van der Waals surface area contributed by atoms with Gasteiger partial charge in [0.25, 0.3) is 0 Å². The van der Waals surface area contributed by atoms with Crippen LogP contribution >= 0.6 is 0 Å². The number of amides is 1. The second-order valence-corrected chi connectivity index (χ2v) is 7.95. The molecule has 1 aliphatic heterocycles. The van der Waals surface area contributed by atoms with Gasteiger partial charge in [-0.1, -0.05) is 29.4 Å². The average molecular weight is 413 g/mol. The summed E-state index contributed by atoms with van der Waals surface area (Å²) in [6.45, 7) is 4.14. The number of ether oxygens (including phenoxy) is 1. The summed E-state index contributed by atoms with van der Waals surface area (Å²) in [7, 11) is 0. The lowest BCUT2D eigenvalue weighted by Crippen LogP contribution is -2.35. The second-order valence-electron chi connectivity index (χ2n) is 7.95. The van der Waals surface area contributed by atoms with Gasteiger partial charge in [-0.05, 0) is 48.4 Å². The Balaban J connectivity index is 1.28. The van der Waals surface area contributed by atoms with Gasteiger partial charge in [0.15, 0.2) is 0 Å². The molecule has 5 rings (SSSR count). The first-order valence-corrected chi connectivity index (χ1v) is 10.4. The van der Waals surface area contributed by atoms with Crippen molar-refractivity contribution in [1.29, 1.82) is 0 Å². The van der Waals surface area contributed by atoms with Crippen LogP contribution in [0.1, 0.15) is 22.6 Å². The van der Waals surface area contributed by atoms with E-state index in [4.69, 9.17) is 9.26 Å². The molecule has 6 heteroatoms. The highest BCUT2D eigenvalue weighted by Gasteiger charge is 2.25. The van der Waals surface area contributed by atoms with Crippen molar-refractivity contribution >= 4 is 16.7 Å². The van der Waals surface area contributed by atoms with Gasteiger partial charge in [0.2, 0.25) is 5.91 Å². The number of carbonyl (C=O) groups is 1. The third kappa shape index (κ3) is 3.77. The first kappa shape index (κ1) is 19.3. The maximum atomic E-state index is 12.4. The zero-order valence-corrected chi connectivity index (χ0v) is 17.5. The van der Waals surface area contributed by atoms with Gasteiger partial charge in [0.1, 0.15) is 17.6 Å². The number of aromatic nitrogens is 2. The highest BCUT2D eigenvalue weighted by Crippen LogP contribution is 2.36. The van der Waals surface area contributed by atoms with Crippen molar-refractivity contribution in [3.8, 4) is 16.9 Å². The van der Waals surface area contributed by atoms with Crippen LogP contribution in [-0.2, 0) is 17.6 Å². The Morgan fingerprint density at radius 2 is 2.06 bits per heavy atom. The summed E-state index contributed by atoms with van der Waals surface area (Å²) < 4.78 is 11.2. The van der Waals surface area contributed by atoms with Crippen LogP contribution in [-0.4, -0.2) is 28.7 Å². The van der Waals surface area contributed by atoms with E-state index in [2.05, 4.69) is 45.8 Å². The molecule has 0 saturated heterocycles. The van der Waals surface area contributed by atoms with Gasteiger partial charge in [-0.25, -0.2) is 0 Å². The Kier molecular flexibility index (Phi) is 4.90. The molecule has 0 unspecified atom stereocenters. The molecule has 2 aromatic carbocycles. The molecule has 31 heavy (non-hydrogen) atoms. The molecule has 4 aromatic rings. The van der Waals surface area contributed by atoms with Gasteiger partial charge < -0.3 is 14.6 Å². The van der Waals surface area contributed by atoms with E-state index in [1.54, 1.807) is 6.20 Å². The summed E-state index contributed by atoms with van der Waals surface area (Å²) in [6.07, 6.45) is 4.61. The van der Waals surface area contributed by atoms with E-state index < -0.39 is 0 Å².